The van der Waals surface area contributed by atoms with Crippen molar-refractivity contribution < 1.29 is 28.6 Å². The molecule has 1 aromatic heterocycles. The maximum atomic E-state index is 15.0. The Kier molecular flexibility index (Phi) is 4.40. The molecular formula is C26H20FNO5. The summed E-state index contributed by atoms with van der Waals surface area (Å²) >= 11 is 0. The number of ketones is 1. The van der Waals surface area contributed by atoms with Crippen LogP contribution in [0.2, 0.25) is 0 Å². The second-order valence-electron chi connectivity index (χ2n) is 8.45. The monoisotopic (exact) mass is 445 g/mol. The zero-order valence-corrected chi connectivity index (χ0v) is 17.7. The lowest BCUT2D eigenvalue weighted by molar-refractivity contribution is -0.113. The topological polar surface area (TPSA) is 77.8 Å². The third-order valence-electron chi connectivity index (χ3n) is 6.52. The van der Waals surface area contributed by atoms with Gasteiger partial charge >= 0.3 is 5.97 Å². The number of nitrogens with zero attached hydrogens (tertiary/aromatic N) is 1. The number of halogens is 1. The molecule has 0 spiro atoms. The Morgan fingerprint density at radius 1 is 1.15 bits per heavy atom. The number of hydrogen-bond acceptors (Lipinski definition) is 4. The van der Waals surface area contributed by atoms with E-state index in [2.05, 4.69) is 0 Å². The minimum Gasteiger partial charge on any atom is -0.493 e. The molecule has 6 rings (SSSR count). The van der Waals surface area contributed by atoms with E-state index in [0.717, 1.165) is 23.3 Å². The number of aromatic nitrogens is 1. The number of carboxylic acids is 1. The summed E-state index contributed by atoms with van der Waals surface area (Å²) in [5, 5.41) is 10.8. The van der Waals surface area contributed by atoms with Gasteiger partial charge in [-0.25, -0.2) is 9.18 Å². The van der Waals surface area contributed by atoms with Crippen LogP contribution in [0.3, 0.4) is 0 Å². The van der Waals surface area contributed by atoms with Gasteiger partial charge in [-0.3, -0.25) is 4.79 Å². The van der Waals surface area contributed by atoms with Gasteiger partial charge in [-0.1, -0.05) is 30.4 Å². The SMILES string of the molecule is O=C1CC=CC=C1c1c(C(=O)O)n(Cc2ccc3c(c2)CCO3)c2cc(F)c3c(c12)OCC3. The maximum absolute atomic E-state index is 15.0. The molecule has 6 nitrogen and oxygen atoms in total. The second-order valence-corrected chi connectivity index (χ2v) is 8.45. The molecule has 0 fully saturated rings. The summed E-state index contributed by atoms with van der Waals surface area (Å²) in [7, 11) is 0. The summed E-state index contributed by atoms with van der Waals surface area (Å²) in [5.41, 5.74) is 3.33. The molecule has 3 aliphatic rings. The molecule has 0 amide bonds. The van der Waals surface area contributed by atoms with Gasteiger partial charge in [-0.05, 0) is 23.3 Å². The number of hydrogen-bond donors (Lipinski definition) is 1. The smallest absolute Gasteiger partial charge is 0.353 e. The maximum Gasteiger partial charge on any atom is 0.353 e. The third-order valence-corrected chi connectivity index (χ3v) is 6.52. The molecule has 0 bridgehead atoms. The number of ether oxygens (including phenoxy) is 2. The molecule has 33 heavy (non-hydrogen) atoms. The fraction of sp³-hybridized carbons (Fsp3) is 0.231. The largest absolute Gasteiger partial charge is 0.493 e. The van der Waals surface area contributed by atoms with Gasteiger partial charge in [-0.15, -0.1) is 0 Å². The van der Waals surface area contributed by atoms with Crippen LogP contribution in [0.1, 0.15) is 39.2 Å². The Hall–Kier alpha value is -3.87. The Balaban J connectivity index is 1.65. The summed E-state index contributed by atoms with van der Waals surface area (Å²) in [5.74, 6) is -0.613. The van der Waals surface area contributed by atoms with E-state index < -0.39 is 11.8 Å². The van der Waals surface area contributed by atoms with Crippen molar-refractivity contribution in [2.45, 2.75) is 25.8 Å². The van der Waals surface area contributed by atoms with Crippen molar-refractivity contribution in [2.24, 2.45) is 0 Å². The van der Waals surface area contributed by atoms with E-state index in [9.17, 15) is 14.7 Å². The number of carbonyl (C=O) groups is 2. The summed E-state index contributed by atoms with van der Waals surface area (Å²) in [6.45, 7) is 1.14. The van der Waals surface area contributed by atoms with Crippen LogP contribution in [-0.4, -0.2) is 34.6 Å². The fourth-order valence-corrected chi connectivity index (χ4v) is 5.07. The van der Waals surface area contributed by atoms with Gasteiger partial charge in [0.25, 0.3) is 0 Å². The lowest BCUT2D eigenvalue weighted by Gasteiger charge is -2.12. The summed E-state index contributed by atoms with van der Waals surface area (Å²) in [4.78, 5) is 25.4. The number of rotatable bonds is 4. The molecule has 0 saturated heterocycles. The first-order valence-corrected chi connectivity index (χ1v) is 10.9. The molecule has 0 radical (unpaired) electrons. The van der Waals surface area contributed by atoms with Crippen LogP contribution in [0.4, 0.5) is 4.39 Å². The predicted molar refractivity (Wildman–Crippen MR) is 120 cm³/mol. The van der Waals surface area contributed by atoms with E-state index in [0.29, 0.717) is 53.0 Å². The lowest BCUT2D eigenvalue weighted by atomic mass is 9.92. The minimum absolute atomic E-state index is 0.0417. The van der Waals surface area contributed by atoms with Crippen LogP contribution < -0.4 is 9.47 Å². The van der Waals surface area contributed by atoms with Crippen LogP contribution in [0, 0.1) is 5.82 Å². The molecule has 1 N–H and O–H groups in total. The van der Waals surface area contributed by atoms with E-state index in [4.69, 9.17) is 9.47 Å². The van der Waals surface area contributed by atoms with Crippen LogP contribution in [-0.2, 0) is 24.2 Å². The number of allylic oxidation sites excluding steroid dienone is 4. The van der Waals surface area contributed by atoms with Crippen molar-refractivity contribution >= 4 is 28.2 Å². The van der Waals surface area contributed by atoms with Gasteiger partial charge in [0.05, 0.1) is 24.1 Å². The molecule has 0 atom stereocenters. The molecule has 1 aliphatic carbocycles. The third kappa shape index (κ3) is 2.99. The number of carboxylic acid groups (broad SMARTS) is 1. The Morgan fingerprint density at radius 2 is 2.00 bits per heavy atom. The molecule has 0 unspecified atom stereocenters. The number of carbonyl (C=O) groups excluding carboxylic acids is 1. The molecule has 3 heterocycles. The van der Waals surface area contributed by atoms with Gasteiger partial charge in [-0.2, -0.15) is 0 Å². The number of benzene rings is 2. The van der Waals surface area contributed by atoms with Crippen LogP contribution in [0.25, 0.3) is 16.5 Å². The van der Waals surface area contributed by atoms with E-state index in [1.807, 2.05) is 18.2 Å². The van der Waals surface area contributed by atoms with Gasteiger partial charge < -0.3 is 19.1 Å². The van der Waals surface area contributed by atoms with Gasteiger partial charge in [0.2, 0.25) is 0 Å². The van der Waals surface area contributed by atoms with Crippen molar-refractivity contribution in [3.05, 3.63) is 76.3 Å². The molecule has 3 aromatic rings. The summed E-state index contributed by atoms with van der Waals surface area (Å²) in [6.07, 6.45) is 6.49. The molecule has 2 aliphatic heterocycles. The first-order valence-electron chi connectivity index (χ1n) is 10.9. The Morgan fingerprint density at radius 3 is 2.82 bits per heavy atom. The first kappa shape index (κ1) is 19.8. The minimum atomic E-state index is -1.18. The molecule has 0 saturated carbocycles. The standard InChI is InChI=1S/C26H20FNO5/c27-18-12-19-23(25-16(18)8-10-33-25)22(17-3-1-2-4-20(17)29)24(26(30)31)28(19)13-14-5-6-21-15(11-14)7-9-32-21/h1-3,5-6,11-12H,4,7-10,13H2,(H,30,31). The zero-order valence-electron chi connectivity index (χ0n) is 17.7. The summed E-state index contributed by atoms with van der Waals surface area (Å²) in [6, 6.07) is 7.13. The number of fused-ring (bicyclic) bond motifs is 4. The van der Waals surface area contributed by atoms with Crippen LogP contribution in [0.5, 0.6) is 11.5 Å². The first-order chi connectivity index (χ1) is 16.0. The van der Waals surface area contributed by atoms with Crippen molar-refractivity contribution in [1.82, 2.24) is 4.57 Å². The lowest BCUT2D eigenvalue weighted by Crippen LogP contribution is -2.13. The Bertz CT molecular complexity index is 1430. The molecule has 2 aromatic carbocycles. The van der Waals surface area contributed by atoms with Crippen molar-refractivity contribution in [3.63, 3.8) is 0 Å². The van der Waals surface area contributed by atoms with Crippen molar-refractivity contribution in [1.29, 1.82) is 0 Å². The van der Waals surface area contributed by atoms with E-state index >= 15 is 4.39 Å². The fourth-order valence-electron chi connectivity index (χ4n) is 5.07. The number of aromatic carboxylic acids is 1. The predicted octanol–water partition coefficient (Wildman–Crippen LogP) is 4.31. The molecule has 7 heteroatoms. The zero-order chi connectivity index (χ0) is 22.7. The number of Topliss-reactive ketones (excluding diaryl/α,β-unsaturated/α-hetero) is 1. The van der Waals surface area contributed by atoms with Crippen molar-refractivity contribution in [3.8, 4) is 11.5 Å². The van der Waals surface area contributed by atoms with E-state index in [1.54, 1.807) is 22.8 Å². The van der Waals surface area contributed by atoms with Gasteiger partial charge in [0, 0.05) is 42.5 Å². The van der Waals surface area contributed by atoms with E-state index in [1.165, 1.54) is 6.07 Å². The highest BCUT2D eigenvalue weighted by molar-refractivity contribution is 6.28. The van der Waals surface area contributed by atoms with Crippen molar-refractivity contribution in [2.75, 3.05) is 13.2 Å². The average Bonchev–Trinajstić information content (AvgIpc) is 3.52. The van der Waals surface area contributed by atoms with E-state index in [-0.39, 0.29) is 24.4 Å². The Labute approximate surface area is 188 Å². The molecule has 166 valence electrons. The average molecular weight is 445 g/mol. The van der Waals surface area contributed by atoms with Crippen LogP contribution >= 0.6 is 0 Å². The highest BCUT2D eigenvalue weighted by Crippen LogP contribution is 2.44. The second kappa shape index (κ2) is 7.33. The normalized spacial score (nSPS) is 16.4. The summed E-state index contributed by atoms with van der Waals surface area (Å²) < 4.78 is 28.0. The van der Waals surface area contributed by atoms with Crippen LogP contribution in [0.15, 0.2) is 42.5 Å². The van der Waals surface area contributed by atoms with Gasteiger partial charge in [0.15, 0.2) is 5.78 Å². The quantitative estimate of drug-likeness (QED) is 0.648. The highest BCUT2D eigenvalue weighted by Gasteiger charge is 2.33. The molecular weight excluding hydrogens is 425 g/mol. The highest BCUT2D eigenvalue weighted by atomic mass is 19.1. The van der Waals surface area contributed by atoms with Gasteiger partial charge in [0.1, 0.15) is 23.0 Å².